The van der Waals surface area contributed by atoms with Crippen LogP contribution in [0.2, 0.25) is 0 Å². The predicted octanol–water partition coefficient (Wildman–Crippen LogP) is 3.12. The summed E-state index contributed by atoms with van der Waals surface area (Å²) in [6, 6.07) is 0. The van der Waals surface area contributed by atoms with Crippen LogP contribution in [-0.2, 0) is 23.8 Å². The summed E-state index contributed by atoms with van der Waals surface area (Å²) in [6.07, 6.45) is 5.89. The summed E-state index contributed by atoms with van der Waals surface area (Å²) >= 11 is 0. The SMILES string of the molecule is CC1(C)CCC[C@@]2(C)[C@@H]3CCC45CC(=O)OC4OC(O5)C3=CC(=O)[C@H]12. The minimum absolute atomic E-state index is 0.0202. The first kappa shape index (κ1) is 16.0. The molecule has 3 aliphatic heterocycles. The lowest BCUT2D eigenvalue weighted by atomic mass is 9.47. The van der Waals surface area contributed by atoms with E-state index < -0.39 is 18.2 Å². The smallest absolute Gasteiger partial charge is 0.311 e. The third-order valence-corrected chi connectivity index (χ3v) is 7.60. The molecule has 0 amide bonds. The van der Waals surface area contributed by atoms with Crippen LogP contribution in [0.4, 0.5) is 0 Å². The van der Waals surface area contributed by atoms with E-state index in [1.807, 2.05) is 0 Å². The highest BCUT2D eigenvalue weighted by Crippen LogP contribution is 2.62. The monoisotopic (exact) mass is 346 g/mol. The quantitative estimate of drug-likeness (QED) is 0.631. The van der Waals surface area contributed by atoms with Gasteiger partial charge in [0.15, 0.2) is 12.1 Å². The van der Waals surface area contributed by atoms with Crippen molar-refractivity contribution in [2.45, 2.75) is 77.5 Å². The van der Waals surface area contributed by atoms with Gasteiger partial charge in [-0.15, -0.1) is 0 Å². The van der Waals surface area contributed by atoms with Gasteiger partial charge in [-0.3, -0.25) is 9.59 Å². The van der Waals surface area contributed by atoms with Crippen LogP contribution in [0.3, 0.4) is 0 Å². The third kappa shape index (κ3) is 1.97. The number of fused-ring (bicyclic) bond motifs is 5. The van der Waals surface area contributed by atoms with Gasteiger partial charge in [-0.2, -0.15) is 0 Å². The fraction of sp³-hybridized carbons (Fsp3) is 0.800. The molecule has 5 nitrogen and oxygen atoms in total. The van der Waals surface area contributed by atoms with Gasteiger partial charge in [-0.1, -0.05) is 27.2 Å². The number of hydrogen-bond donors (Lipinski definition) is 0. The first-order valence-electron chi connectivity index (χ1n) is 9.53. The summed E-state index contributed by atoms with van der Waals surface area (Å²) in [5.74, 6) is 0.293. The van der Waals surface area contributed by atoms with Crippen molar-refractivity contribution < 1.29 is 23.8 Å². The van der Waals surface area contributed by atoms with E-state index in [0.29, 0.717) is 0 Å². The Morgan fingerprint density at radius 3 is 2.72 bits per heavy atom. The van der Waals surface area contributed by atoms with Crippen LogP contribution in [0.25, 0.3) is 0 Å². The number of esters is 1. The van der Waals surface area contributed by atoms with Gasteiger partial charge in [0, 0.05) is 5.92 Å². The Hall–Kier alpha value is -1.20. The van der Waals surface area contributed by atoms with Crippen LogP contribution in [-0.4, -0.2) is 29.9 Å². The summed E-state index contributed by atoms with van der Waals surface area (Å²) in [4.78, 5) is 24.9. The summed E-state index contributed by atoms with van der Waals surface area (Å²) in [7, 11) is 0. The van der Waals surface area contributed by atoms with Crippen LogP contribution in [0.1, 0.15) is 59.3 Å². The number of ether oxygens (including phenoxy) is 3. The van der Waals surface area contributed by atoms with Gasteiger partial charge < -0.3 is 14.2 Å². The maximum Gasteiger partial charge on any atom is 0.311 e. The van der Waals surface area contributed by atoms with Crippen LogP contribution >= 0.6 is 0 Å². The molecule has 1 spiro atoms. The predicted molar refractivity (Wildman–Crippen MR) is 88.2 cm³/mol. The average molecular weight is 346 g/mol. The number of carbonyl (C=O) groups is 2. The van der Waals surface area contributed by atoms with Crippen molar-refractivity contribution in [3.05, 3.63) is 11.6 Å². The van der Waals surface area contributed by atoms with Crippen molar-refractivity contribution in [1.82, 2.24) is 0 Å². The second-order valence-electron chi connectivity index (χ2n) is 9.57. The molecule has 0 radical (unpaired) electrons. The first-order valence-corrected chi connectivity index (χ1v) is 9.53. The molecule has 3 saturated heterocycles. The van der Waals surface area contributed by atoms with Gasteiger partial charge in [0.05, 0.1) is 6.42 Å². The van der Waals surface area contributed by atoms with E-state index in [1.165, 1.54) is 0 Å². The Morgan fingerprint density at radius 2 is 1.92 bits per heavy atom. The van der Waals surface area contributed by atoms with E-state index in [2.05, 4.69) is 20.8 Å². The fourth-order valence-corrected chi connectivity index (χ4v) is 6.65. The van der Waals surface area contributed by atoms with Crippen molar-refractivity contribution in [1.29, 1.82) is 0 Å². The number of allylic oxidation sites excluding steroid dienone is 1. The van der Waals surface area contributed by atoms with E-state index in [1.54, 1.807) is 6.08 Å². The number of rotatable bonds is 0. The number of ketones is 1. The van der Waals surface area contributed by atoms with Crippen molar-refractivity contribution in [3.8, 4) is 0 Å². The molecule has 0 aromatic rings. The molecule has 3 heterocycles. The Balaban J connectivity index is 1.58. The second-order valence-corrected chi connectivity index (χ2v) is 9.57. The molecule has 5 heteroatoms. The van der Waals surface area contributed by atoms with Gasteiger partial charge in [-0.25, -0.2) is 0 Å². The van der Waals surface area contributed by atoms with E-state index in [9.17, 15) is 9.59 Å². The lowest BCUT2D eigenvalue weighted by molar-refractivity contribution is -0.169. The van der Waals surface area contributed by atoms with Crippen LogP contribution < -0.4 is 0 Å². The molecular weight excluding hydrogens is 320 g/mol. The molecule has 5 rings (SSSR count). The van der Waals surface area contributed by atoms with E-state index in [4.69, 9.17) is 14.2 Å². The standard InChI is InChI=1S/C20H26O5/c1-18(2)6-4-7-19(3)12-5-8-20-10-14(22)23-17(20)24-16(25-20)11(12)9-13(21)15(18)19/h9,12,15-17H,4-8,10H2,1-3H3/t12-,15-,16?,17?,19+,20?/m1/s1. The zero-order chi connectivity index (χ0) is 17.6. The maximum absolute atomic E-state index is 13.1. The Bertz CT molecular complexity index is 694. The lowest BCUT2D eigenvalue weighted by Gasteiger charge is -2.56. The molecule has 2 bridgehead atoms. The number of carbonyl (C=O) groups excluding carboxylic acids is 2. The van der Waals surface area contributed by atoms with E-state index in [-0.39, 0.29) is 40.8 Å². The van der Waals surface area contributed by atoms with Crippen LogP contribution in [0.5, 0.6) is 0 Å². The van der Waals surface area contributed by atoms with Gasteiger partial charge in [0.2, 0.25) is 6.29 Å². The summed E-state index contributed by atoms with van der Waals surface area (Å²) < 4.78 is 17.5. The molecule has 5 aliphatic rings. The molecular formula is C20H26O5. The molecule has 0 aromatic heterocycles. The molecule has 2 aliphatic carbocycles. The van der Waals surface area contributed by atoms with E-state index in [0.717, 1.165) is 37.7 Å². The molecule has 0 aromatic carbocycles. The molecule has 1 saturated carbocycles. The maximum atomic E-state index is 13.1. The summed E-state index contributed by atoms with van der Waals surface area (Å²) in [5, 5.41) is 0. The average Bonchev–Trinajstić information content (AvgIpc) is 2.89. The summed E-state index contributed by atoms with van der Waals surface area (Å²) in [6.45, 7) is 6.76. The molecule has 0 N–H and O–H groups in total. The fourth-order valence-electron chi connectivity index (χ4n) is 6.65. The lowest BCUT2D eigenvalue weighted by Crippen LogP contribution is -2.53. The number of hydrogen-bond acceptors (Lipinski definition) is 5. The zero-order valence-electron chi connectivity index (χ0n) is 15.2. The molecule has 136 valence electrons. The molecule has 3 unspecified atom stereocenters. The zero-order valence-corrected chi connectivity index (χ0v) is 15.2. The third-order valence-electron chi connectivity index (χ3n) is 7.60. The van der Waals surface area contributed by atoms with Crippen LogP contribution in [0, 0.1) is 22.7 Å². The van der Waals surface area contributed by atoms with Crippen molar-refractivity contribution in [3.63, 3.8) is 0 Å². The Kier molecular flexibility index (Phi) is 3.04. The molecule has 6 atom stereocenters. The molecule has 4 fully saturated rings. The normalized spacial score (nSPS) is 50.3. The summed E-state index contributed by atoms with van der Waals surface area (Å²) in [5.41, 5.74) is 0.282. The highest BCUT2D eigenvalue weighted by atomic mass is 16.8. The minimum Gasteiger partial charge on any atom is -0.432 e. The van der Waals surface area contributed by atoms with E-state index >= 15 is 0 Å². The second kappa shape index (κ2) is 4.74. The Morgan fingerprint density at radius 1 is 1.12 bits per heavy atom. The molecule has 25 heavy (non-hydrogen) atoms. The van der Waals surface area contributed by atoms with Gasteiger partial charge in [0.1, 0.15) is 5.60 Å². The van der Waals surface area contributed by atoms with Gasteiger partial charge in [0.25, 0.3) is 0 Å². The first-order chi connectivity index (χ1) is 11.8. The Labute approximate surface area is 148 Å². The van der Waals surface area contributed by atoms with Crippen molar-refractivity contribution >= 4 is 11.8 Å². The minimum atomic E-state index is -0.654. The highest BCUT2D eigenvalue weighted by molar-refractivity contribution is 5.95. The van der Waals surface area contributed by atoms with Crippen molar-refractivity contribution in [2.24, 2.45) is 22.7 Å². The van der Waals surface area contributed by atoms with Gasteiger partial charge in [-0.05, 0) is 54.1 Å². The van der Waals surface area contributed by atoms with Crippen molar-refractivity contribution in [2.75, 3.05) is 0 Å². The van der Waals surface area contributed by atoms with Crippen LogP contribution in [0.15, 0.2) is 11.6 Å². The topological polar surface area (TPSA) is 61.8 Å². The highest BCUT2D eigenvalue weighted by Gasteiger charge is 2.65. The van der Waals surface area contributed by atoms with Gasteiger partial charge >= 0.3 is 5.97 Å². The largest absolute Gasteiger partial charge is 0.432 e.